The van der Waals surface area contributed by atoms with E-state index in [4.69, 9.17) is 16.3 Å². The Kier molecular flexibility index (Phi) is 2.56. The second kappa shape index (κ2) is 4.28. The maximum Gasteiger partial charge on any atom is 0.127 e. The second-order valence-corrected chi connectivity index (χ2v) is 5.93. The van der Waals surface area contributed by atoms with Crippen molar-refractivity contribution in [3.8, 4) is 5.75 Å². The van der Waals surface area contributed by atoms with Gasteiger partial charge in [-0.2, -0.15) is 0 Å². The summed E-state index contributed by atoms with van der Waals surface area (Å²) in [5, 5.41) is 0.827. The molecule has 2 heteroatoms. The van der Waals surface area contributed by atoms with E-state index >= 15 is 0 Å². The van der Waals surface area contributed by atoms with Gasteiger partial charge < -0.3 is 4.74 Å². The fourth-order valence-corrected chi connectivity index (χ4v) is 3.58. The van der Waals surface area contributed by atoms with Crippen molar-refractivity contribution in [1.29, 1.82) is 0 Å². The highest BCUT2D eigenvalue weighted by Gasteiger charge is 2.35. The van der Waals surface area contributed by atoms with Gasteiger partial charge in [0.05, 0.1) is 0 Å². The minimum absolute atomic E-state index is 0.205. The summed E-state index contributed by atoms with van der Waals surface area (Å²) in [6, 6.07) is 14.6. The number of para-hydroxylation sites is 1. The van der Waals surface area contributed by atoms with Crippen LogP contribution in [0.25, 0.3) is 0 Å². The molecule has 1 nitrogen and oxygen atoms in total. The van der Waals surface area contributed by atoms with Crippen LogP contribution in [-0.2, 0) is 12.8 Å². The number of ether oxygens (including phenoxy) is 1. The predicted molar refractivity (Wildman–Crippen MR) is 76.8 cm³/mol. The second-order valence-electron chi connectivity index (χ2n) is 5.49. The number of hydrogen-bond donors (Lipinski definition) is 0. The highest BCUT2D eigenvalue weighted by Crippen LogP contribution is 2.44. The highest BCUT2D eigenvalue weighted by atomic mass is 35.5. The molecule has 4 rings (SSSR count). The van der Waals surface area contributed by atoms with Crippen molar-refractivity contribution in [2.45, 2.75) is 25.4 Å². The van der Waals surface area contributed by atoms with Crippen molar-refractivity contribution >= 4 is 11.6 Å². The Morgan fingerprint density at radius 1 is 1.05 bits per heavy atom. The van der Waals surface area contributed by atoms with Gasteiger partial charge in [0.1, 0.15) is 11.9 Å². The Hall–Kier alpha value is -1.47. The summed E-state index contributed by atoms with van der Waals surface area (Å²) in [7, 11) is 0. The molecule has 2 atom stereocenters. The van der Waals surface area contributed by atoms with Gasteiger partial charge in [0.15, 0.2) is 0 Å². The average molecular weight is 271 g/mol. The van der Waals surface area contributed by atoms with Crippen LogP contribution < -0.4 is 4.74 Å². The molecule has 1 aliphatic heterocycles. The van der Waals surface area contributed by atoms with Gasteiger partial charge in [0.2, 0.25) is 0 Å². The lowest BCUT2D eigenvalue weighted by atomic mass is 9.77. The molecule has 1 aliphatic carbocycles. The maximum atomic E-state index is 6.26. The van der Waals surface area contributed by atoms with E-state index in [1.54, 1.807) is 0 Å². The molecule has 0 spiro atoms. The van der Waals surface area contributed by atoms with Crippen LogP contribution >= 0.6 is 11.6 Å². The topological polar surface area (TPSA) is 9.23 Å². The Labute approximate surface area is 118 Å². The van der Waals surface area contributed by atoms with E-state index in [0.29, 0.717) is 5.92 Å². The zero-order valence-electron chi connectivity index (χ0n) is 10.6. The summed E-state index contributed by atoms with van der Waals surface area (Å²) in [6.07, 6.45) is 3.63. The van der Waals surface area contributed by atoms with Gasteiger partial charge in [-0.1, -0.05) is 35.9 Å². The first kappa shape index (κ1) is 11.4. The van der Waals surface area contributed by atoms with E-state index in [0.717, 1.165) is 23.6 Å². The molecule has 1 heterocycles. The molecule has 2 aromatic carbocycles. The Morgan fingerprint density at radius 2 is 1.95 bits per heavy atom. The van der Waals surface area contributed by atoms with E-state index in [1.807, 2.05) is 12.1 Å². The van der Waals surface area contributed by atoms with Crippen LogP contribution in [0.5, 0.6) is 5.75 Å². The van der Waals surface area contributed by atoms with Crippen molar-refractivity contribution < 1.29 is 4.74 Å². The predicted octanol–water partition coefficient (Wildman–Crippen LogP) is 4.58. The maximum absolute atomic E-state index is 6.26. The van der Waals surface area contributed by atoms with Gasteiger partial charge in [-0.3, -0.25) is 0 Å². The molecule has 0 aromatic heterocycles. The van der Waals surface area contributed by atoms with Crippen molar-refractivity contribution in [2.75, 3.05) is 0 Å². The lowest BCUT2D eigenvalue weighted by Gasteiger charge is -2.38. The van der Waals surface area contributed by atoms with E-state index in [2.05, 4.69) is 30.3 Å². The molecule has 0 radical (unpaired) electrons. The fraction of sp³-hybridized carbons (Fsp3) is 0.294. The largest absolute Gasteiger partial charge is 0.485 e. The van der Waals surface area contributed by atoms with Crippen LogP contribution in [0.3, 0.4) is 0 Å². The summed E-state index contributed by atoms with van der Waals surface area (Å²) < 4.78 is 6.26. The molecule has 0 saturated heterocycles. The number of fused-ring (bicyclic) bond motifs is 4. The summed E-state index contributed by atoms with van der Waals surface area (Å²) in [4.78, 5) is 0. The molecular weight excluding hydrogens is 256 g/mol. The summed E-state index contributed by atoms with van der Waals surface area (Å²) in [6.45, 7) is 0. The molecule has 2 aromatic rings. The molecule has 0 fully saturated rings. The highest BCUT2D eigenvalue weighted by molar-refractivity contribution is 6.30. The normalized spacial score (nSPS) is 23.8. The molecule has 0 bridgehead atoms. The molecule has 0 saturated carbocycles. The first-order valence-electron chi connectivity index (χ1n) is 6.84. The Balaban J connectivity index is 1.78. The monoisotopic (exact) mass is 270 g/mol. The van der Waals surface area contributed by atoms with Gasteiger partial charge in [-0.25, -0.2) is 0 Å². The van der Waals surface area contributed by atoms with Gasteiger partial charge in [-0.15, -0.1) is 0 Å². The molecule has 0 N–H and O–H groups in total. The third-order valence-electron chi connectivity index (χ3n) is 4.33. The van der Waals surface area contributed by atoms with Crippen LogP contribution in [0.15, 0.2) is 42.5 Å². The molecule has 0 unspecified atom stereocenters. The lowest BCUT2D eigenvalue weighted by Crippen LogP contribution is -2.30. The van der Waals surface area contributed by atoms with E-state index in [1.165, 1.54) is 23.1 Å². The summed E-state index contributed by atoms with van der Waals surface area (Å²) >= 11 is 6.09. The zero-order chi connectivity index (χ0) is 12.8. The standard InChI is InChI=1S/C17H15ClO/c18-14-7-8-15-11(10-14)5-6-13-9-12-3-1-2-4-16(12)19-17(13)15/h1-4,7-8,10,13,17H,5-6,9H2/t13-,17+/m0/s1. The summed E-state index contributed by atoms with van der Waals surface area (Å²) in [5.74, 6) is 1.65. The van der Waals surface area contributed by atoms with Crippen LogP contribution in [-0.4, -0.2) is 0 Å². The number of halogens is 1. The molecular formula is C17H15ClO. The van der Waals surface area contributed by atoms with Crippen LogP contribution in [0.1, 0.15) is 29.2 Å². The Morgan fingerprint density at radius 3 is 2.89 bits per heavy atom. The van der Waals surface area contributed by atoms with Crippen LogP contribution in [0.2, 0.25) is 5.02 Å². The number of aryl methyl sites for hydroxylation is 1. The van der Waals surface area contributed by atoms with Crippen molar-refractivity contribution in [3.63, 3.8) is 0 Å². The first-order valence-corrected chi connectivity index (χ1v) is 7.22. The number of rotatable bonds is 0. The van der Waals surface area contributed by atoms with E-state index < -0.39 is 0 Å². The quantitative estimate of drug-likeness (QED) is 0.681. The van der Waals surface area contributed by atoms with Gasteiger partial charge in [-0.05, 0) is 54.2 Å². The number of hydrogen-bond acceptors (Lipinski definition) is 1. The van der Waals surface area contributed by atoms with E-state index in [-0.39, 0.29) is 6.10 Å². The molecule has 19 heavy (non-hydrogen) atoms. The third kappa shape index (κ3) is 1.84. The molecule has 96 valence electrons. The molecule has 0 amide bonds. The third-order valence-corrected chi connectivity index (χ3v) is 4.57. The smallest absolute Gasteiger partial charge is 0.127 e. The SMILES string of the molecule is Clc1ccc2c(c1)CC[C@H]1Cc3ccccc3O[C@@H]21. The van der Waals surface area contributed by atoms with Crippen LogP contribution in [0.4, 0.5) is 0 Å². The van der Waals surface area contributed by atoms with Crippen LogP contribution in [0, 0.1) is 5.92 Å². The van der Waals surface area contributed by atoms with Gasteiger partial charge in [0, 0.05) is 10.9 Å². The van der Waals surface area contributed by atoms with Crippen molar-refractivity contribution in [1.82, 2.24) is 0 Å². The first-order chi connectivity index (χ1) is 9.31. The van der Waals surface area contributed by atoms with E-state index in [9.17, 15) is 0 Å². The minimum atomic E-state index is 0.205. The molecule has 2 aliphatic rings. The average Bonchev–Trinajstić information content (AvgIpc) is 2.44. The van der Waals surface area contributed by atoms with Crippen molar-refractivity contribution in [3.05, 3.63) is 64.2 Å². The lowest BCUT2D eigenvalue weighted by molar-refractivity contribution is 0.0987. The van der Waals surface area contributed by atoms with Gasteiger partial charge >= 0.3 is 0 Å². The number of benzene rings is 2. The fourth-order valence-electron chi connectivity index (χ4n) is 3.39. The Bertz CT molecular complexity index is 635. The van der Waals surface area contributed by atoms with Gasteiger partial charge in [0.25, 0.3) is 0 Å². The zero-order valence-corrected chi connectivity index (χ0v) is 11.4. The van der Waals surface area contributed by atoms with Crippen molar-refractivity contribution in [2.24, 2.45) is 5.92 Å². The minimum Gasteiger partial charge on any atom is -0.485 e. The summed E-state index contributed by atoms with van der Waals surface area (Å²) in [5.41, 5.74) is 4.03.